The largest absolute Gasteiger partial charge is 0.108 e. The number of rotatable bonds is 5. The Balaban J connectivity index is 2.09. The van der Waals surface area contributed by atoms with Crippen molar-refractivity contribution in [1.82, 2.24) is 0 Å². The van der Waals surface area contributed by atoms with E-state index in [2.05, 4.69) is 117 Å². The second-order valence-electron chi connectivity index (χ2n) is 12.5. The second kappa shape index (κ2) is 8.64. The maximum absolute atomic E-state index is 2.65. The Labute approximate surface area is 210 Å². The Morgan fingerprint density at radius 2 is 1.53 bits per heavy atom. The van der Waals surface area contributed by atoms with E-state index in [0.29, 0.717) is 11.8 Å². The first kappa shape index (κ1) is 25.2. The van der Waals surface area contributed by atoms with Crippen molar-refractivity contribution in [3.8, 4) is 11.1 Å². The fourth-order valence-electron chi connectivity index (χ4n) is 6.79. The molecule has 1 unspecified atom stereocenters. The first-order chi connectivity index (χ1) is 15.8. The molecule has 2 aliphatic carbocycles. The van der Waals surface area contributed by atoms with Crippen LogP contribution in [0.15, 0.2) is 58.3 Å². The quantitative estimate of drug-likeness (QED) is 0.374. The lowest BCUT2D eigenvalue weighted by molar-refractivity contribution is 0.847. The molecule has 0 saturated carbocycles. The van der Waals surface area contributed by atoms with Crippen LogP contribution < -0.4 is 10.4 Å². The fraction of sp³-hybridized carbons (Fsp3) is 0.438. The number of hydrogen-bond donors (Lipinski definition) is 0. The predicted molar refractivity (Wildman–Crippen MR) is 159 cm³/mol. The van der Waals surface area contributed by atoms with Gasteiger partial charge in [-0.05, 0) is 72.4 Å². The second-order valence-corrected chi connectivity index (χ2v) is 21.9. The lowest BCUT2D eigenvalue weighted by atomic mass is 9.89. The summed E-state index contributed by atoms with van der Waals surface area (Å²) in [6.45, 7) is 27.3. The summed E-state index contributed by atoms with van der Waals surface area (Å²) in [5.74, 6) is 1.05. The standard InChI is InChI=1S/C32H44Si2/c1-20(2)30-28(27-17-13-15-25-14-12-16-26(25)27)18-19-29(33(7,8)9)32(30)34(10,11)31-23(5)21(3)22(4)24(31)6/h12-13,15-20,23H,14H2,1-11H3. The minimum Gasteiger partial charge on any atom is -0.0795 e. The van der Waals surface area contributed by atoms with Gasteiger partial charge in [-0.3, -0.25) is 0 Å². The van der Waals surface area contributed by atoms with Crippen LogP contribution in [0.25, 0.3) is 17.2 Å². The van der Waals surface area contributed by atoms with Crippen LogP contribution in [0.4, 0.5) is 0 Å². The highest BCUT2D eigenvalue weighted by molar-refractivity contribution is 7.02. The zero-order valence-corrected chi connectivity index (χ0v) is 25.4. The minimum absolute atomic E-state index is 0.488. The first-order valence-electron chi connectivity index (χ1n) is 13.1. The fourth-order valence-corrected chi connectivity index (χ4v) is 14.9. The minimum atomic E-state index is -1.95. The molecule has 0 spiro atoms. The molecule has 0 aliphatic heterocycles. The molecule has 2 aromatic carbocycles. The predicted octanol–water partition coefficient (Wildman–Crippen LogP) is 8.35. The summed E-state index contributed by atoms with van der Waals surface area (Å²) < 4.78 is 0. The topological polar surface area (TPSA) is 0 Å². The van der Waals surface area contributed by atoms with Gasteiger partial charge in [0.15, 0.2) is 0 Å². The van der Waals surface area contributed by atoms with E-state index in [1.165, 1.54) is 27.8 Å². The lowest BCUT2D eigenvalue weighted by Gasteiger charge is -2.38. The van der Waals surface area contributed by atoms with Gasteiger partial charge in [0.1, 0.15) is 8.07 Å². The molecular formula is C32H44Si2. The highest BCUT2D eigenvalue weighted by Crippen LogP contribution is 2.43. The van der Waals surface area contributed by atoms with Crippen molar-refractivity contribution >= 4 is 32.6 Å². The molecule has 0 heterocycles. The van der Waals surface area contributed by atoms with Crippen LogP contribution in [-0.2, 0) is 6.42 Å². The van der Waals surface area contributed by atoms with Crippen molar-refractivity contribution in [3.05, 3.63) is 75.0 Å². The van der Waals surface area contributed by atoms with Gasteiger partial charge in [0.05, 0.1) is 8.07 Å². The summed E-state index contributed by atoms with van der Waals surface area (Å²) in [5.41, 5.74) is 12.1. The Morgan fingerprint density at radius 3 is 2.09 bits per heavy atom. The van der Waals surface area contributed by atoms with Crippen LogP contribution in [0.5, 0.6) is 0 Å². The Bertz CT molecular complexity index is 1240. The van der Waals surface area contributed by atoms with E-state index in [4.69, 9.17) is 0 Å². The van der Waals surface area contributed by atoms with Gasteiger partial charge in [-0.2, -0.15) is 0 Å². The molecule has 4 rings (SSSR count). The van der Waals surface area contributed by atoms with Crippen molar-refractivity contribution in [2.75, 3.05) is 0 Å². The smallest absolute Gasteiger partial charge is 0.0795 e. The highest BCUT2D eigenvalue weighted by atomic mass is 28.3. The number of allylic oxidation sites excluding steroid dienone is 5. The average molecular weight is 485 g/mol. The van der Waals surface area contributed by atoms with Gasteiger partial charge in [-0.25, -0.2) is 0 Å². The van der Waals surface area contributed by atoms with E-state index in [-0.39, 0.29) is 0 Å². The summed E-state index contributed by atoms with van der Waals surface area (Å²) in [4.78, 5) is 0. The molecule has 0 bridgehead atoms. The molecule has 1 atom stereocenters. The molecule has 0 fully saturated rings. The van der Waals surface area contributed by atoms with Crippen molar-refractivity contribution in [1.29, 1.82) is 0 Å². The van der Waals surface area contributed by atoms with Crippen molar-refractivity contribution in [2.45, 2.75) is 86.6 Å². The van der Waals surface area contributed by atoms with E-state index >= 15 is 0 Å². The van der Waals surface area contributed by atoms with Gasteiger partial charge in [-0.15, -0.1) is 0 Å². The Hall–Kier alpha value is -1.91. The summed E-state index contributed by atoms with van der Waals surface area (Å²) >= 11 is 0. The lowest BCUT2D eigenvalue weighted by Crippen LogP contribution is -2.61. The SMILES string of the molecule is CC1=C(C)C(C)C([Si](C)(C)c2c([Si](C)(C)C)ccc(-c3cccc4c3C=CC4)c2C(C)C)=C1C. The molecule has 180 valence electrons. The summed E-state index contributed by atoms with van der Waals surface area (Å²) in [7, 11) is -3.51. The van der Waals surface area contributed by atoms with Gasteiger partial charge in [0.2, 0.25) is 0 Å². The first-order valence-corrected chi connectivity index (χ1v) is 19.6. The summed E-state index contributed by atoms with van der Waals surface area (Å²) in [6.07, 6.45) is 5.74. The molecular weight excluding hydrogens is 441 g/mol. The Kier molecular flexibility index (Phi) is 6.40. The third kappa shape index (κ3) is 3.87. The zero-order valence-electron chi connectivity index (χ0n) is 23.4. The molecule has 2 aromatic rings. The van der Waals surface area contributed by atoms with Gasteiger partial charge in [-0.1, -0.05) is 123 Å². The molecule has 0 N–H and O–H groups in total. The third-order valence-corrected chi connectivity index (χ3v) is 14.9. The molecule has 0 nitrogen and oxygen atoms in total. The van der Waals surface area contributed by atoms with E-state index < -0.39 is 16.1 Å². The highest BCUT2D eigenvalue weighted by Gasteiger charge is 2.42. The molecule has 0 radical (unpaired) electrons. The summed E-state index contributed by atoms with van der Waals surface area (Å²) in [6, 6.07) is 11.9. The normalized spacial score (nSPS) is 18.5. The third-order valence-electron chi connectivity index (χ3n) is 8.68. The maximum Gasteiger partial charge on any atom is 0.108 e. The van der Waals surface area contributed by atoms with Crippen molar-refractivity contribution < 1.29 is 0 Å². The van der Waals surface area contributed by atoms with Crippen LogP contribution in [0.2, 0.25) is 32.7 Å². The van der Waals surface area contributed by atoms with Crippen molar-refractivity contribution in [3.63, 3.8) is 0 Å². The molecule has 0 aromatic heterocycles. The van der Waals surface area contributed by atoms with Crippen LogP contribution in [0.3, 0.4) is 0 Å². The van der Waals surface area contributed by atoms with Crippen LogP contribution in [0, 0.1) is 5.92 Å². The molecule has 34 heavy (non-hydrogen) atoms. The van der Waals surface area contributed by atoms with E-state index in [1.54, 1.807) is 32.3 Å². The molecule has 0 amide bonds. The maximum atomic E-state index is 2.65. The summed E-state index contributed by atoms with van der Waals surface area (Å²) in [5, 5.41) is 5.20. The molecule has 0 saturated heterocycles. The Morgan fingerprint density at radius 1 is 0.853 bits per heavy atom. The van der Waals surface area contributed by atoms with Crippen LogP contribution in [0.1, 0.15) is 64.2 Å². The van der Waals surface area contributed by atoms with Gasteiger partial charge < -0.3 is 0 Å². The van der Waals surface area contributed by atoms with E-state index in [9.17, 15) is 0 Å². The molecule has 2 heteroatoms. The van der Waals surface area contributed by atoms with Crippen molar-refractivity contribution in [2.24, 2.45) is 5.92 Å². The van der Waals surface area contributed by atoms with Gasteiger partial charge in [0.25, 0.3) is 0 Å². The van der Waals surface area contributed by atoms with Gasteiger partial charge >= 0.3 is 0 Å². The average Bonchev–Trinajstić information content (AvgIpc) is 3.31. The van der Waals surface area contributed by atoms with Crippen LogP contribution in [-0.4, -0.2) is 16.1 Å². The van der Waals surface area contributed by atoms with E-state index in [0.717, 1.165) is 6.42 Å². The number of hydrogen-bond acceptors (Lipinski definition) is 0. The van der Waals surface area contributed by atoms with Crippen LogP contribution >= 0.6 is 0 Å². The van der Waals surface area contributed by atoms with Gasteiger partial charge in [0, 0.05) is 0 Å². The monoisotopic (exact) mass is 484 g/mol. The van der Waals surface area contributed by atoms with E-state index in [1.807, 2.05) is 0 Å². The molecule has 2 aliphatic rings. The number of fused-ring (bicyclic) bond motifs is 1. The zero-order chi connectivity index (χ0) is 25.2. The number of benzene rings is 2.